The van der Waals surface area contributed by atoms with E-state index in [2.05, 4.69) is 0 Å². The van der Waals surface area contributed by atoms with Crippen LogP contribution in [0.15, 0.2) is 12.1 Å². The average Bonchev–Trinajstić information content (AvgIpc) is 2.42. The molecule has 8 heteroatoms. The fraction of sp³-hybridized carbons (Fsp3) is 0.467. The molecule has 0 aliphatic carbocycles. The Morgan fingerprint density at radius 1 is 1.22 bits per heavy atom. The SMILES string of the molecule is COc1ccc(N)c(OC)c1CN(C(=O)O)C(=O)OC(C)(C)C. The number of rotatable bonds is 4. The second kappa shape index (κ2) is 7.08. The fourth-order valence-electron chi connectivity index (χ4n) is 1.90. The lowest BCUT2D eigenvalue weighted by atomic mass is 10.1. The van der Waals surface area contributed by atoms with Gasteiger partial charge >= 0.3 is 12.2 Å². The Balaban J connectivity index is 3.22. The summed E-state index contributed by atoms with van der Waals surface area (Å²) in [5, 5.41) is 9.31. The number of hydrogen-bond acceptors (Lipinski definition) is 6. The molecular weight excluding hydrogens is 304 g/mol. The van der Waals surface area contributed by atoms with Crippen molar-refractivity contribution in [1.29, 1.82) is 0 Å². The first-order valence-corrected chi connectivity index (χ1v) is 6.83. The van der Waals surface area contributed by atoms with E-state index in [0.29, 0.717) is 21.9 Å². The van der Waals surface area contributed by atoms with Gasteiger partial charge in [0.2, 0.25) is 0 Å². The van der Waals surface area contributed by atoms with Gasteiger partial charge in [0.15, 0.2) is 0 Å². The number of benzene rings is 1. The van der Waals surface area contributed by atoms with E-state index in [4.69, 9.17) is 19.9 Å². The number of carbonyl (C=O) groups is 2. The normalized spacial score (nSPS) is 10.8. The Bertz CT molecular complexity index is 594. The molecule has 0 bridgehead atoms. The number of carboxylic acid groups (broad SMARTS) is 1. The molecule has 128 valence electrons. The third kappa shape index (κ3) is 4.67. The van der Waals surface area contributed by atoms with Crippen LogP contribution in [0.4, 0.5) is 15.3 Å². The first kappa shape index (κ1) is 18.4. The van der Waals surface area contributed by atoms with Crippen LogP contribution in [0.2, 0.25) is 0 Å². The fourth-order valence-corrected chi connectivity index (χ4v) is 1.90. The van der Waals surface area contributed by atoms with Gasteiger partial charge in [0.1, 0.15) is 17.1 Å². The molecule has 1 rings (SSSR count). The summed E-state index contributed by atoms with van der Waals surface area (Å²) in [4.78, 5) is 24.1. The largest absolute Gasteiger partial charge is 0.496 e. The molecule has 0 aromatic heterocycles. The number of nitrogens with two attached hydrogens (primary N) is 1. The quantitative estimate of drug-likeness (QED) is 0.818. The van der Waals surface area contributed by atoms with Crippen LogP contribution in [0.1, 0.15) is 26.3 Å². The van der Waals surface area contributed by atoms with Gasteiger partial charge in [-0.05, 0) is 32.9 Å². The van der Waals surface area contributed by atoms with Crippen LogP contribution in [0.25, 0.3) is 0 Å². The summed E-state index contributed by atoms with van der Waals surface area (Å²) < 4.78 is 15.5. The zero-order valence-electron chi connectivity index (χ0n) is 13.9. The van der Waals surface area contributed by atoms with Crippen molar-refractivity contribution in [2.45, 2.75) is 32.9 Å². The van der Waals surface area contributed by atoms with E-state index in [1.807, 2.05) is 0 Å². The molecule has 23 heavy (non-hydrogen) atoms. The van der Waals surface area contributed by atoms with Gasteiger partial charge in [-0.3, -0.25) is 0 Å². The number of methoxy groups -OCH3 is 2. The Kier molecular flexibility index (Phi) is 5.67. The highest BCUT2D eigenvalue weighted by Crippen LogP contribution is 2.35. The summed E-state index contributed by atoms with van der Waals surface area (Å²) in [6.07, 6.45) is -2.44. The van der Waals surface area contributed by atoms with Crippen LogP contribution < -0.4 is 15.2 Å². The number of nitrogens with zero attached hydrogens (tertiary/aromatic N) is 1. The Hall–Kier alpha value is -2.64. The Morgan fingerprint density at radius 2 is 1.83 bits per heavy atom. The maximum atomic E-state index is 12.1. The molecule has 8 nitrogen and oxygen atoms in total. The van der Waals surface area contributed by atoms with E-state index in [0.717, 1.165) is 0 Å². The van der Waals surface area contributed by atoms with Crippen LogP contribution >= 0.6 is 0 Å². The predicted molar refractivity (Wildman–Crippen MR) is 83.8 cm³/mol. The minimum Gasteiger partial charge on any atom is -0.496 e. The lowest BCUT2D eigenvalue weighted by molar-refractivity contribution is 0.0253. The monoisotopic (exact) mass is 326 g/mol. The van der Waals surface area contributed by atoms with E-state index in [1.165, 1.54) is 14.2 Å². The van der Waals surface area contributed by atoms with Crippen molar-refractivity contribution in [3.8, 4) is 11.5 Å². The van der Waals surface area contributed by atoms with E-state index < -0.39 is 17.8 Å². The Morgan fingerprint density at radius 3 is 2.26 bits per heavy atom. The summed E-state index contributed by atoms with van der Waals surface area (Å²) in [5.74, 6) is 0.602. The number of ether oxygens (including phenoxy) is 3. The third-order valence-electron chi connectivity index (χ3n) is 2.83. The van der Waals surface area contributed by atoms with Crippen LogP contribution in [0, 0.1) is 0 Å². The molecule has 3 N–H and O–H groups in total. The molecule has 0 saturated heterocycles. The molecule has 0 aliphatic heterocycles. The van der Waals surface area contributed by atoms with Gasteiger partial charge in [0.25, 0.3) is 0 Å². The maximum Gasteiger partial charge on any atom is 0.420 e. The van der Waals surface area contributed by atoms with Gasteiger partial charge in [-0.25, -0.2) is 14.5 Å². The molecule has 0 heterocycles. The summed E-state index contributed by atoms with van der Waals surface area (Å²) in [7, 11) is 2.82. The molecule has 0 atom stereocenters. The standard InChI is InChI=1S/C15H22N2O6/c1-15(2,3)23-14(20)17(13(18)19)8-9-11(21-4)7-6-10(16)12(9)22-5/h6-7H,8,16H2,1-5H3,(H,18,19). The third-order valence-corrected chi connectivity index (χ3v) is 2.83. The number of nitrogen functional groups attached to an aromatic ring is 1. The molecule has 1 aromatic carbocycles. The zero-order chi connectivity index (χ0) is 17.8. The second-order valence-corrected chi connectivity index (χ2v) is 5.72. The van der Waals surface area contributed by atoms with Gasteiger partial charge in [-0.1, -0.05) is 0 Å². The molecule has 2 amide bonds. The summed E-state index contributed by atoms with van der Waals surface area (Å²) in [6.45, 7) is 4.62. The number of anilines is 1. The van der Waals surface area contributed by atoms with Crippen molar-refractivity contribution < 1.29 is 28.9 Å². The molecular formula is C15H22N2O6. The number of carbonyl (C=O) groups excluding carboxylic acids is 1. The minimum atomic E-state index is -1.45. The molecule has 1 aromatic rings. The van der Waals surface area contributed by atoms with Crippen LogP contribution in [-0.4, -0.2) is 42.0 Å². The first-order chi connectivity index (χ1) is 10.6. The van der Waals surface area contributed by atoms with Crippen LogP contribution in [0.5, 0.6) is 11.5 Å². The van der Waals surface area contributed by atoms with Crippen molar-refractivity contribution in [3.05, 3.63) is 17.7 Å². The Labute approximate surface area is 134 Å². The van der Waals surface area contributed by atoms with Crippen LogP contribution in [0.3, 0.4) is 0 Å². The van der Waals surface area contributed by atoms with Gasteiger partial charge in [-0.2, -0.15) is 0 Å². The highest BCUT2D eigenvalue weighted by Gasteiger charge is 2.29. The smallest absolute Gasteiger partial charge is 0.420 e. The van der Waals surface area contributed by atoms with Crippen molar-refractivity contribution in [2.24, 2.45) is 0 Å². The van der Waals surface area contributed by atoms with Crippen molar-refractivity contribution >= 4 is 17.9 Å². The lowest BCUT2D eigenvalue weighted by Crippen LogP contribution is -2.39. The van der Waals surface area contributed by atoms with Crippen LogP contribution in [-0.2, 0) is 11.3 Å². The van der Waals surface area contributed by atoms with Crippen molar-refractivity contribution in [2.75, 3.05) is 20.0 Å². The topological polar surface area (TPSA) is 111 Å². The van der Waals surface area contributed by atoms with Crippen molar-refractivity contribution in [3.63, 3.8) is 0 Å². The number of imide groups is 1. The molecule has 0 unspecified atom stereocenters. The average molecular weight is 326 g/mol. The summed E-state index contributed by atoms with van der Waals surface area (Å²) in [5.41, 5.74) is 5.64. The molecule has 0 aliphatic rings. The van der Waals surface area contributed by atoms with E-state index in [-0.39, 0.29) is 12.3 Å². The minimum absolute atomic E-state index is 0.249. The summed E-state index contributed by atoms with van der Waals surface area (Å²) >= 11 is 0. The summed E-state index contributed by atoms with van der Waals surface area (Å²) in [6, 6.07) is 3.14. The lowest BCUT2D eigenvalue weighted by Gasteiger charge is -2.25. The first-order valence-electron chi connectivity index (χ1n) is 6.83. The van der Waals surface area contributed by atoms with E-state index >= 15 is 0 Å². The highest BCUT2D eigenvalue weighted by molar-refractivity contribution is 5.87. The van der Waals surface area contributed by atoms with E-state index in [9.17, 15) is 14.7 Å². The van der Waals surface area contributed by atoms with Gasteiger partial charge < -0.3 is 25.1 Å². The highest BCUT2D eigenvalue weighted by atomic mass is 16.6. The predicted octanol–water partition coefficient (Wildman–Crippen LogP) is 2.70. The number of hydrogen-bond donors (Lipinski definition) is 2. The van der Waals surface area contributed by atoms with Crippen molar-refractivity contribution in [1.82, 2.24) is 4.90 Å². The zero-order valence-corrected chi connectivity index (χ0v) is 13.9. The molecule has 0 fully saturated rings. The van der Waals surface area contributed by atoms with Gasteiger partial charge in [0, 0.05) is 0 Å². The molecule has 0 saturated carbocycles. The molecule has 0 spiro atoms. The van der Waals surface area contributed by atoms with Gasteiger partial charge in [-0.15, -0.1) is 0 Å². The number of amides is 2. The van der Waals surface area contributed by atoms with E-state index in [1.54, 1.807) is 32.9 Å². The van der Waals surface area contributed by atoms with Gasteiger partial charge in [0.05, 0.1) is 32.0 Å². The molecule has 0 radical (unpaired) electrons. The second-order valence-electron chi connectivity index (χ2n) is 5.72. The maximum absolute atomic E-state index is 12.1.